The SMILES string of the molecule is C#CC(C)CCCCC[CH2]. The van der Waals surface area contributed by atoms with E-state index in [1.165, 1.54) is 25.7 Å². The van der Waals surface area contributed by atoms with E-state index in [-0.39, 0.29) is 0 Å². The molecule has 0 fully saturated rings. The summed E-state index contributed by atoms with van der Waals surface area (Å²) in [6.07, 6.45) is 11.3. The van der Waals surface area contributed by atoms with Crippen LogP contribution in [-0.2, 0) is 0 Å². The summed E-state index contributed by atoms with van der Waals surface area (Å²) in [7, 11) is 0. The number of unbranched alkanes of at least 4 members (excludes halogenated alkanes) is 3. The Hall–Kier alpha value is -0.440. The van der Waals surface area contributed by atoms with Crippen LogP contribution in [0.4, 0.5) is 0 Å². The number of hydrogen-bond acceptors (Lipinski definition) is 0. The molecule has 0 aliphatic heterocycles. The Morgan fingerprint density at radius 3 is 2.60 bits per heavy atom. The molecular formula is C10H17. The fraction of sp³-hybridized carbons (Fsp3) is 0.700. The molecule has 0 aromatic heterocycles. The maximum atomic E-state index is 5.22. The van der Waals surface area contributed by atoms with Gasteiger partial charge in [-0.05, 0) is 6.42 Å². The second kappa shape index (κ2) is 6.68. The van der Waals surface area contributed by atoms with E-state index in [2.05, 4.69) is 19.8 Å². The minimum Gasteiger partial charge on any atom is -0.120 e. The summed E-state index contributed by atoms with van der Waals surface area (Å²) in [4.78, 5) is 0. The van der Waals surface area contributed by atoms with Gasteiger partial charge in [0, 0.05) is 5.92 Å². The summed E-state index contributed by atoms with van der Waals surface area (Å²) in [6, 6.07) is 0. The Morgan fingerprint density at radius 2 is 2.10 bits per heavy atom. The molecule has 0 N–H and O–H groups in total. The number of hydrogen-bond donors (Lipinski definition) is 0. The second-order valence-electron chi connectivity index (χ2n) is 2.77. The van der Waals surface area contributed by atoms with Crippen LogP contribution in [0.2, 0.25) is 0 Å². The second-order valence-corrected chi connectivity index (χ2v) is 2.77. The number of rotatable bonds is 5. The van der Waals surface area contributed by atoms with E-state index < -0.39 is 0 Å². The van der Waals surface area contributed by atoms with Gasteiger partial charge in [-0.15, -0.1) is 12.3 Å². The lowest BCUT2D eigenvalue weighted by Gasteiger charge is -2.01. The van der Waals surface area contributed by atoms with Gasteiger partial charge < -0.3 is 0 Å². The summed E-state index contributed by atoms with van der Waals surface area (Å²) < 4.78 is 0. The van der Waals surface area contributed by atoms with Gasteiger partial charge in [0.25, 0.3) is 0 Å². The first kappa shape index (κ1) is 9.56. The molecule has 0 heterocycles. The molecule has 0 heteroatoms. The Bertz CT molecular complexity index is 97.1. The highest BCUT2D eigenvalue weighted by atomic mass is 14.0. The van der Waals surface area contributed by atoms with Crippen molar-refractivity contribution in [1.29, 1.82) is 0 Å². The summed E-state index contributed by atoms with van der Waals surface area (Å²) in [5.74, 6) is 3.19. The molecule has 0 saturated heterocycles. The van der Waals surface area contributed by atoms with Gasteiger partial charge in [-0.25, -0.2) is 0 Å². The first-order valence-electron chi connectivity index (χ1n) is 4.06. The predicted octanol–water partition coefficient (Wildman–Crippen LogP) is 3.04. The first-order chi connectivity index (χ1) is 4.81. The molecule has 0 amide bonds. The van der Waals surface area contributed by atoms with Crippen LogP contribution in [0.5, 0.6) is 0 Å². The Balaban J connectivity index is 2.98. The monoisotopic (exact) mass is 137 g/mol. The Morgan fingerprint density at radius 1 is 1.40 bits per heavy atom. The van der Waals surface area contributed by atoms with E-state index in [4.69, 9.17) is 6.42 Å². The molecular weight excluding hydrogens is 120 g/mol. The summed E-state index contributed by atoms with van der Waals surface area (Å²) in [5, 5.41) is 0. The van der Waals surface area contributed by atoms with Gasteiger partial charge in [-0.1, -0.05) is 39.5 Å². The van der Waals surface area contributed by atoms with Gasteiger partial charge in [0.05, 0.1) is 0 Å². The summed E-state index contributed by atoms with van der Waals surface area (Å²) in [6.45, 7) is 5.88. The van der Waals surface area contributed by atoms with Crippen LogP contribution in [-0.4, -0.2) is 0 Å². The van der Waals surface area contributed by atoms with E-state index in [1.807, 2.05) is 0 Å². The predicted molar refractivity (Wildman–Crippen MR) is 46.4 cm³/mol. The molecule has 1 unspecified atom stereocenters. The van der Waals surface area contributed by atoms with E-state index in [1.54, 1.807) is 0 Å². The third-order valence-corrected chi connectivity index (χ3v) is 1.67. The molecule has 10 heavy (non-hydrogen) atoms. The topological polar surface area (TPSA) is 0 Å². The molecule has 0 spiro atoms. The fourth-order valence-electron chi connectivity index (χ4n) is 0.887. The number of terminal acetylenes is 1. The van der Waals surface area contributed by atoms with Crippen molar-refractivity contribution in [3.8, 4) is 12.3 Å². The zero-order chi connectivity index (χ0) is 7.82. The molecule has 1 radical (unpaired) electrons. The molecule has 0 rings (SSSR count). The van der Waals surface area contributed by atoms with Crippen molar-refractivity contribution in [1.82, 2.24) is 0 Å². The van der Waals surface area contributed by atoms with Crippen LogP contribution >= 0.6 is 0 Å². The van der Waals surface area contributed by atoms with Crippen molar-refractivity contribution in [3.63, 3.8) is 0 Å². The van der Waals surface area contributed by atoms with Crippen LogP contribution < -0.4 is 0 Å². The molecule has 57 valence electrons. The molecule has 0 aliphatic carbocycles. The maximum Gasteiger partial charge on any atom is 0.0171 e. The van der Waals surface area contributed by atoms with Crippen LogP contribution in [0, 0.1) is 25.2 Å². The zero-order valence-electron chi connectivity index (χ0n) is 6.90. The van der Waals surface area contributed by atoms with Crippen LogP contribution in [0.1, 0.15) is 39.0 Å². The standard InChI is InChI=1S/C10H17/c1-4-6-7-8-9-10(3)5-2/h2,10H,1,4,6-9H2,3H3. The highest BCUT2D eigenvalue weighted by molar-refractivity contribution is 4.89. The maximum absolute atomic E-state index is 5.22. The average Bonchev–Trinajstić information content (AvgIpc) is 1.98. The van der Waals surface area contributed by atoms with E-state index >= 15 is 0 Å². The van der Waals surface area contributed by atoms with Crippen molar-refractivity contribution in [2.45, 2.75) is 39.0 Å². The third-order valence-electron chi connectivity index (χ3n) is 1.67. The largest absolute Gasteiger partial charge is 0.120 e. The summed E-state index contributed by atoms with van der Waals surface area (Å²) in [5.41, 5.74) is 0. The van der Waals surface area contributed by atoms with E-state index in [0.717, 1.165) is 6.42 Å². The molecule has 0 aromatic carbocycles. The van der Waals surface area contributed by atoms with Crippen molar-refractivity contribution < 1.29 is 0 Å². The normalized spacial score (nSPS) is 12.5. The van der Waals surface area contributed by atoms with Crippen molar-refractivity contribution >= 4 is 0 Å². The van der Waals surface area contributed by atoms with Crippen molar-refractivity contribution in [2.75, 3.05) is 0 Å². The molecule has 0 saturated carbocycles. The van der Waals surface area contributed by atoms with Gasteiger partial charge in [-0.3, -0.25) is 0 Å². The third kappa shape index (κ3) is 5.69. The zero-order valence-corrected chi connectivity index (χ0v) is 6.90. The highest BCUT2D eigenvalue weighted by Crippen LogP contribution is 2.08. The molecule has 0 nitrogen and oxygen atoms in total. The van der Waals surface area contributed by atoms with Gasteiger partial charge in [0.15, 0.2) is 0 Å². The smallest absolute Gasteiger partial charge is 0.0171 e. The lowest BCUT2D eigenvalue weighted by Crippen LogP contribution is -1.88. The quantitative estimate of drug-likeness (QED) is 0.403. The van der Waals surface area contributed by atoms with Gasteiger partial charge in [0.1, 0.15) is 0 Å². The molecule has 1 atom stereocenters. The van der Waals surface area contributed by atoms with Gasteiger partial charge in [-0.2, -0.15) is 0 Å². The highest BCUT2D eigenvalue weighted by Gasteiger charge is 1.94. The van der Waals surface area contributed by atoms with Crippen LogP contribution in [0.3, 0.4) is 0 Å². The van der Waals surface area contributed by atoms with Crippen molar-refractivity contribution in [3.05, 3.63) is 6.92 Å². The van der Waals surface area contributed by atoms with Crippen LogP contribution in [0.15, 0.2) is 0 Å². The van der Waals surface area contributed by atoms with Crippen molar-refractivity contribution in [2.24, 2.45) is 5.92 Å². The fourth-order valence-corrected chi connectivity index (χ4v) is 0.887. The van der Waals surface area contributed by atoms with Crippen LogP contribution in [0.25, 0.3) is 0 Å². The lowest BCUT2D eigenvalue weighted by atomic mass is 10.0. The Kier molecular flexibility index (Phi) is 6.38. The molecule has 0 bridgehead atoms. The Labute approximate surface area is 65.0 Å². The summed E-state index contributed by atoms with van der Waals surface area (Å²) >= 11 is 0. The first-order valence-corrected chi connectivity index (χ1v) is 4.06. The average molecular weight is 137 g/mol. The molecule has 0 aliphatic rings. The van der Waals surface area contributed by atoms with E-state index in [0.29, 0.717) is 5.92 Å². The van der Waals surface area contributed by atoms with Gasteiger partial charge >= 0.3 is 0 Å². The van der Waals surface area contributed by atoms with Gasteiger partial charge in [0.2, 0.25) is 0 Å². The lowest BCUT2D eigenvalue weighted by molar-refractivity contribution is 0.578. The minimum atomic E-state index is 0.463. The minimum absolute atomic E-state index is 0.463. The molecule has 0 aromatic rings. The van der Waals surface area contributed by atoms with E-state index in [9.17, 15) is 0 Å².